The molecule has 1 fully saturated rings. The van der Waals surface area contributed by atoms with Crippen molar-refractivity contribution in [3.8, 4) is 11.5 Å². The minimum absolute atomic E-state index is 0.0734. The van der Waals surface area contributed by atoms with Crippen LogP contribution in [0.5, 0.6) is 11.5 Å². The SMILES string of the molecule is Cc1ccn(Cc2ccc3c(c2)OCO3)c(=O)c1C(=O)N1CCS(=O)(=O)CC1. The van der Waals surface area contributed by atoms with E-state index in [0.717, 1.165) is 5.56 Å². The van der Waals surface area contributed by atoms with Crippen molar-refractivity contribution in [1.82, 2.24) is 9.47 Å². The molecule has 8 nitrogen and oxygen atoms in total. The third kappa shape index (κ3) is 3.49. The molecule has 0 radical (unpaired) electrons. The minimum atomic E-state index is -3.10. The second-order valence-corrected chi connectivity index (χ2v) is 9.24. The molecule has 1 aromatic heterocycles. The average molecular weight is 404 g/mol. The maximum Gasteiger partial charge on any atom is 0.263 e. The topological polar surface area (TPSA) is 94.9 Å². The van der Waals surface area contributed by atoms with Gasteiger partial charge in [-0.2, -0.15) is 0 Å². The van der Waals surface area contributed by atoms with Crippen molar-refractivity contribution in [2.24, 2.45) is 0 Å². The van der Waals surface area contributed by atoms with E-state index in [1.54, 1.807) is 25.3 Å². The largest absolute Gasteiger partial charge is 0.454 e. The summed E-state index contributed by atoms with van der Waals surface area (Å²) >= 11 is 0. The summed E-state index contributed by atoms with van der Waals surface area (Å²) in [6.45, 7) is 2.38. The summed E-state index contributed by atoms with van der Waals surface area (Å²) in [6, 6.07) is 7.17. The predicted molar refractivity (Wildman–Crippen MR) is 102 cm³/mol. The van der Waals surface area contributed by atoms with Crippen LogP contribution in [0.2, 0.25) is 0 Å². The number of pyridine rings is 1. The van der Waals surface area contributed by atoms with Crippen LogP contribution >= 0.6 is 0 Å². The van der Waals surface area contributed by atoms with Gasteiger partial charge in [-0.05, 0) is 36.2 Å². The molecule has 0 saturated carbocycles. The average Bonchev–Trinajstić information content (AvgIpc) is 3.12. The zero-order valence-corrected chi connectivity index (χ0v) is 16.2. The molecule has 2 aromatic rings. The Morgan fingerprint density at radius 3 is 2.57 bits per heavy atom. The van der Waals surface area contributed by atoms with Crippen molar-refractivity contribution in [2.45, 2.75) is 13.5 Å². The lowest BCUT2D eigenvalue weighted by Gasteiger charge is -2.27. The van der Waals surface area contributed by atoms with Gasteiger partial charge in [-0.25, -0.2) is 8.42 Å². The highest BCUT2D eigenvalue weighted by molar-refractivity contribution is 7.91. The summed E-state index contributed by atoms with van der Waals surface area (Å²) < 4.78 is 35.3. The Morgan fingerprint density at radius 1 is 1.11 bits per heavy atom. The van der Waals surface area contributed by atoms with Crippen LogP contribution in [0.4, 0.5) is 0 Å². The van der Waals surface area contributed by atoms with Crippen molar-refractivity contribution >= 4 is 15.7 Å². The van der Waals surface area contributed by atoms with Crippen molar-refractivity contribution in [1.29, 1.82) is 0 Å². The fourth-order valence-electron chi connectivity index (χ4n) is 3.36. The lowest BCUT2D eigenvalue weighted by molar-refractivity contribution is 0.0767. The van der Waals surface area contributed by atoms with E-state index in [0.29, 0.717) is 17.1 Å². The van der Waals surface area contributed by atoms with Gasteiger partial charge in [-0.1, -0.05) is 6.07 Å². The van der Waals surface area contributed by atoms with Gasteiger partial charge in [0.2, 0.25) is 6.79 Å². The van der Waals surface area contributed by atoms with Gasteiger partial charge in [0.25, 0.3) is 11.5 Å². The van der Waals surface area contributed by atoms with E-state index in [9.17, 15) is 18.0 Å². The summed E-state index contributed by atoms with van der Waals surface area (Å²) in [6.07, 6.45) is 1.65. The van der Waals surface area contributed by atoms with Crippen LogP contribution in [-0.2, 0) is 16.4 Å². The molecule has 1 saturated heterocycles. The van der Waals surface area contributed by atoms with Crippen LogP contribution in [0.1, 0.15) is 21.5 Å². The molecule has 0 N–H and O–H groups in total. The highest BCUT2D eigenvalue weighted by atomic mass is 32.2. The summed E-state index contributed by atoms with van der Waals surface area (Å²) in [7, 11) is -3.10. The molecule has 0 spiro atoms. The van der Waals surface area contributed by atoms with E-state index in [1.165, 1.54) is 9.47 Å². The van der Waals surface area contributed by atoms with Crippen molar-refractivity contribution in [3.05, 3.63) is 57.5 Å². The van der Waals surface area contributed by atoms with Gasteiger partial charge in [0.05, 0.1) is 18.1 Å². The normalized spacial score (nSPS) is 17.5. The molecule has 3 heterocycles. The first-order valence-electron chi connectivity index (χ1n) is 8.92. The van der Waals surface area contributed by atoms with Gasteiger partial charge >= 0.3 is 0 Å². The fourth-order valence-corrected chi connectivity index (χ4v) is 4.56. The maximum atomic E-state index is 13.0. The Balaban J connectivity index is 1.61. The van der Waals surface area contributed by atoms with E-state index in [4.69, 9.17) is 9.47 Å². The lowest BCUT2D eigenvalue weighted by Crippen LogP contribution is -2.46. The Labute approximate surface area is 162 Å². The van der Waals surface area contributed by atoms with E-state index in [1.807, 2.05) is 12.1 Å². The minimum Gasteiger partial charge on any atom is -0.454 e. The van der Waals surface area contributed by atoms with Crippen LogP contribution in [-0.4, -0.2) is 55.2 Å². The number of nitrogens with zero attached hydrogens (tertiary/aromatic N) is 2. The lowest BCUT2D eigenvalue weighted by atomic mass is 10.1. The van der Waals surface area contributed by atoms with Crippen molar-refractivity contribution in [3.63, 3.8) is 0 Å². The van der Waals surface area contributed by atoms with Crippen molar-refractivity contribution in [2.75, 3.05) is 31.4 Å². The van der Waals surface area contributed by atoms with Crippen LogP contribution in [0, 0.1) is 6.92 Å². The molecule has 0 unspecified atom stereocenters. The first-order chi connectivity index (χ1) is 13.3. The van der Waals surface area contributed by atoms with Gasteiger partial charge < -0.3 is 18.9 Å². The number of aromatic nitrogens is 1. The number of benzene rings is 1. The number of fused-ring (bicyclic) bond motifs is 1. The molecule has 0 atom stereocenters. The number of hydrogen-bond donors (Lipinski definition) is 0. The van der Waals surface area contributed by atoms with E-state index < -0.39 is 21.3 Å². The van der Waals surface area contributed by atoms with Crippen LogP contribution in [0.3, 0.4) is 0 Å². The predicted octanol–water partition coefficient (Wildman–Crippen LogP) is 0.804. The number of hydrogen-bond acceptors (Lipinski definition) is 6. The third-order valence-electron chi connectivity index (χ3n) is 5.01. The molecule has 4 rings (SSSR count). The van der Waals surface area contributed by atoms with Crippen molar-refractivity contribution < 1.29 is 22.7 Å². The molecule has 2 aliphatic heterocycles. The first kappa shape index (κ1) is 18.5. The summed E-state index contributed by atoms with van der Waals surface area (Å²) in [5.74, 6) is 0.725. The molecular formula is C19H20N2O6S. The summed E-state index contributed by atoms with van der Waals surface area (Å²) in [5, 5.41) is 0. The van der Waals surface area contributed by atoms with Crippen LogP contribution < -0.4 is 15.0 Å². The summed E-state index contributed by atoms with van der Waals surface area (Å²) in [5.41, 5.74) is 1.11. The number of rotatable bonds is 3. The number of ether oxygens (including phenoxy) is 2. The molecule has 2 aliphatic rings. The van der Waals surface area contributed by atoms with E-state index >= 15 is 0 Å². The van der Waals surface area contributed by atoms with Crippen LogP contribution in [0.15, 0.2) is 35.3 Å². The monoisotopic (exact) mass is 404 g/mol. The maximum absolute atomic E-state index is 13.0. The highest BCUT2D eigenvalue weighted by Crippen LogP contribution is 2.32. The number of aryl methyl sites for hydroxylation is 1. The highest BCUT2D eigenvalue weighted by Gasteiger charge is 2.28. The first-order valence-corrected chi connectivity index (χ1v) is 10.7. The zero-order valence-electron chi connectivity index (χ0n) is 15.4. The standard InChI is InChI=1S/C19H20N2O6S/c1-13-4-5-21(11-14-2-3-15-16(10-14)27-12-26-15)19(23)17(13)18(22)20-6-8-28(24,25)9-7-20/h2-5,10H,6-9,11-12H2,1H3. The molecule has 0 bridgehead atoms. The second-order valence-electron chi connectivity index (χ2n) is 6.94. The quantitative estimate of drug-likeness (QED) is 0.751. The molecule has 9 heteroatoms. The molecule has 0 aliphatic carbocycles. The van der Waals surface area contributed by atoms with Gasteiger partial charge in [0.15, 0.2) is 21.3 Å². The molecular weight excluding hydrogens is 384 g/mol. The Hall–Kier alpha value is -2.81. The van der Waals surface area contributed by atoms with Gasteiger partial charge in [0, 0.05) is 19.3 Å². The third-order valence-corrected chi connectivity index (χ3v) is 6.62. The number of sulfone groups is 1. The molecule has 28 heavy (non-hydrogen) atoms. The fraction of sp³-hybridized carbons (Fsp3) is 0.368. The van der Waals surface area contributed by atoms with E-state index in [-0.39, 0.29) is 43.5 Å². The van der Waals surface area contributed by atoms with Gasteiger partial charge in [0.1, 0.15) is 5.56 Å². The Kier molecular flexibility index (Phi) is 4.62. The molecule has 148 valence electrons. The smallest absolute Gasteiger partial charge is 0.263 e. The summed E-state index contributed by atoms with van der Waals surface area (Å²) in [4.78, 5) is 27.3. The Morgan fingerprint density at radius 2 is 1.82 bits per heavy atom. The van der Waals surface area contributed by atoms with E-state index in [2.05, 4.69) is 0 Å². The molecule has 1 aromatic carbocycles. The van der Waals surface area contributed by atoms with Gasteiger partial charge in [-0.3, -0.25) is 9.59 Å². The Bertz CT molecular complexity index is 1090. The zero-order chi connectivity index (χ0) is 19.9. The number of carbonyl (C=O) groups is 1. The second kappa shape index (κ2) is 6.97. The molecule has 1 amide bonds. The van der Waals surface area contributed by atoms with Gasteiger partial charge in [-0.15, -0.1) is 0 Å². The number of carbonyl (C=O) groups excluding carboxylic acids is 1. The van der Waals surface area contributed by atoms with Crippen LogP contribution in [0.25, 0.3) is 0 Å². The number of amides is 1.